The minimum Gasteiger partial charge on any atom is -0.492 e. The lowest BCUT2D eigenvalue weighted by Gasteiger charge is -2.40. The highest BCUT2D eigenvalue weighted by Crippen LogP contribution is 2.40. The number of halogens is 3. The van der Waals surface area contributed by atoms with E-state index < -0.39 is 34.8 Å². The molecule has 3 aromatic rings. The second kappa shape index (κ2) is 17.7. The normalized spacial score (nSPS) is 20.0. The van der Waals surface area contributed by atoms with Gasteiger partial charge in [-0.1, -0.05) is 19.9 Å². The second-order valence-electron chi connectivity index (χ2n) is 15.3. The number of nitriles is 1. The van der Waals surface area contributed by atoms with Gasteiger partial charge >= 0.3 is 6.18 Å². The summed E-state index contributed by atoms with van der Waals surface area (Å²) in [6.45, 7) is 10.9. The second-order valence-corrected chi connectivity index (χ2v) is 15.6. The molecule has 3 aromatic carbocycles. The van der Waals surface area contributed by atoms with Gasteiger partial charge in [0.05, 0.1) is 29.4 Å². The first-order chi connectivity index (χ1) is 28.0. The van der Waals surface area contributed by atoms with Crippen LogP contribution in [0.3, 0.4) is 0 Å². The van der Waals surface area contributed by atoms with E-state index in [2.05, 4.69) is 32.7 Å². The van der Waals surface area contributed by atoms with Gasteiger partial charge in [0.25, 0.3) is 5.91 Å². The van der Waals surface area contributed by atoms with E-state index in [1.54, 1.807) is 55.1 Å². The van der Waals surface area contributed by atoms with E-state index in [1.165, 1.54) is 6.07 Å². The first kappa shape index (κ1) is 43.0. The van der Waals surface area contributed by atoms with Crippen LogP contribution in [0.1, 0.15) is 63.6 Å². The number of piperazine rings is 1. The molecule has 6 rings (SSSR count). The number of aryl methyl sites for hydroxylation is 1. The molecule has 0 bridgehead atoms. The van der Waals surface area contributed by atoms with Crippen molar-refractivity contribution in [3.8, 4) is 11.8 Å². The van der Waals surface area contributed by atoms with Crippen molar-refractivity contribution in [2.45, 2.75) is 77.2 Å². The Hall–Kier alpha value is -5.57. The molecule has 0 saturated carbocycles. The van der Waals surface area contributed by atoms with E-state index in [0.717, 1.165) is 42.1 Å². The van der Waals surface area contributed by atoms with E-state index in [9.17, 15) is 37.6 Å². The maximum atomic E-state index is 13.8. The molecular formula is C42H47F3N8O5S. The topological polar surface area (TPSA) is 150 Å². The maximum Gasteiger partial charge on any atom is 0.417 e. The van der Waals surface area contributed by atoms with Gasteiger partial charge in [-0.3, -0.25) is 39.2 Å². The van der Waals surface area contributed by atoms with Crippen molar-refractivity contribution in [2.75, 3.05) is 59.8 Å². The summed E-state index contributed by atoms with van der Waals surface area (Å²) < 4.78 is 47.6. The van der Waals surface area contributed by atoms with E-state index in [-0.39, 0.29) is 47.5 Å². The van der Waals surface area contributed by atoms with Crippen molar-refractivity contribution < 1.29 is 37.1 Å². The van der Waals surface area contributed by atoms with Gasteiger partial charge in [0.15, 0.2) is 5.11 Å². The van der Waals surface area contributed by atoms with Gasteiger partial charge in [0.1, 0.15) is 23.9 Å². The maximum absolute atomic E-state index is 13.8. The Morgan fingerprint density at radius 1 is 1.03 bits per heavy atom. The molecule has 0 spiro atoms. The number of carbonyl (C=O) groups excluding carboxylic acids is 4. The third kappa shape index (κ3) is 9.51. The van der Waals surface area contributed by atoms with E-state index >= 15 is 0 Å². The number of nitrogens with one attached hydrogen (secondary N) is 3. The summed E-state index contributed by atoms with van der Waals surface area (Å²) in [6, 6.07) is 16.9. The number of nitrogens with zero attached hydrogens (tertiary/aromatic N) is 5. The molecule has 0 aromatic heterocycles. The summed E-state index contributed by atoms with van der Waals surface area (Å²) >= 11 is 5.72. The fourth-order valence-corrected chi connectivity index (χ4v) is 8.25. The van der Waals surface area contributed by atoms with Crippen LogP contribution < -0.4 is 30.5 Å². The molecule has 0 radical (unpaired) electrons. The number of hydrogen-bond donors (Lipinski definition) is 3. The van der Waals surface area contributed by atoms with Crippen molar-refractivity contribution in [1.29, 1.82) is 5.26 Å². The summed E-state index contributed by atoms with van der Waals surface area (Å²) in [6.07, 6.45) is -2.69. The van der Waals surface area contributed by atoms with Crippen molar-refractivity contribution in [1.82, 2.24) is 15.1 Å². The van der Waals surface area contributed by atoms with Crippen LogP contribution in [-0.4, -0.2) is 95.5 Å². The van der Waals surface area contributed by atoms with Crippen LogP contribution in [0.2, 0.25) is 0 Å². The molecule has 2 unspecified atom stereocenters. The van der Waals surface area contributed by atoms with Crippen molar-refractivity contribution in [3.05, 3.63) is 77.4 Å². The Kier molecular flexibility index (Phi) is 12.9. The van der Waals surface area contributed by atoms with Crippen LogP contribution in [0.4, 0.5) is 35.9 Å². The number of benzene rings is 3. The first-order valence-electron chi connectivity index (χ1n) is 19.6. The van der Waals surface area contributed by atoms with Crippen molar-refractivity contribution in [2.24, 2.45) is 0 Å². The van der Waals surface area contributed by atoms with Crippen LogP contribution in [-0.2, 0) is 31.8 Å². The molecule has 59 heavy (non-hydrogen) atoms. The Morgan fingerprint density at radius 3 is 2.47 bits per heavy atom. The van der Waals surface area contributed by atoms with Gasteiger partial charge in [0, 0.05) is 55.7 Å². The number of carbonyl (C=O) groups is 4. The number of rotatable bonds is 13. The standard InChI is InChI=1S/C42H47F3N8O5S/c1-5-26-20-32(53-40(59)52(39(57)41(53,3)4)31-11-10-27(23-46)33(22-31)42(43,44)45)12-14-35(26)58-19-18-50-16-17-51(30(6-2)24-50)25-37(55)48-29-9-7-8-28(21-29)47-34-13-15-36(54)49-38(34)56/h7-12,14,20-22,30,34,47H,5-6,13,15-19,24-25H2,1-4H3,(H,48,55)(H,49,54,56). The highest BCUT2D eigenvalue weighted by atomic mass is 32.1. The minimum absolute atomic E-state index is 0.0178. The Bertz CT molecular complexity index is 2180. The van der Waals surface area contributed by atoms with Crippen LogP contribution in [0.5, 0.6) is 5.75 Å². The predicted octanol–water partition coefficient (Wildman–Crippen LogP) is 5.69. The van der Waals surface area contributed by atoms with Gasteiger partial charge < -0.3 is 20.3 Å². The van der Waals surface area contributed by atoms with Gasteiger partial charge in [-0.15, -0.1) is 0 Å². The SMILES string of the molecule is CCc1cc(N2C(=S)N(c3ccc(C#N)c(C(F)(F)F)c3)C(=O)C2(C)C)ccc1OCCN1CCN(CC(=O)Nc2cccc(NC3CCC(=O)NC3=O)c2)C(CC)C1. The number of thiocarbonyl (C=S) groups is 1. The Balaban J connectivity index is 1.03. The summed E-state index contributed by atoms with van der Waals surface area (Å²) in [5.74, 6) is -0.629. The number of imide groups is 1. The molecule has 13 nitrogen and oxygen atoms in total. The molecule has 3 fully saturated rings. The summed E-state index contributed by atoms with van der Waals surface area (Å²) in [4.78, 5) is 57.7. The molecule has 3 aliphatic rings. The lowest BCUT2D eigenvalue weighted by molar-refractivity contribution is -0.138. The first-order valence-corrected chi connectivity index (χ1v) is 20.0. The molecule has 3 heterocycles. The molecule has 4 amide bonds. The molecule has 3 aliphatic heterocycles. The lowest BCUT2D eigenvalue weighted by Crippen LogP contribution is -2.55. The molecule has 3 saturated heterocycles. The zero-order valence-electron chi connectivity index (χ0n) is 33.3. The monoisotopic (exact) mass is 832 g/mol. The van der Waals surface area contributed by atoms with E-state index in [4.69, 9.17) is 17.0 Å². The van der Waals surface area contributed by atoms with Gasteiger partial charge in [-0.05, 0) is 105 Å². The fraction of sp³-hybridized carbons (Fsp3) is 0.429. The number of ether oxygens (including phenoxy) is 1. The van der Waals surface area contributed by atoms with Crippen molar-refractivity contribution >= 4 is 63.7 Å². The number of hydrogen-bond acceptors (Lipinski definition) is 10. The van der Waals surface area contributed by atoms with Crippen LogP contribution in [0.15, 0.2) is 60.7 Å². The largest absolute Gasteiger partial charge is 0.492 e. The highest BCUT2D eigenvalue weighted by Gasteiger charge is 2.51. The zero-order chi connectivity index (χ0) is 42.6. The van der Waals surface area contributed by atoms with E-state index in [1.807, 2.05) is 19.1 Å². The van der Waals surface area contributed by atoms with Crippen molar-refractivity contribution in [3.63, 3.8) is 0 Å². The van der Waals surface area contributed by atoms with Crippen LogP contribution in [0.25, 0.3) is 0 Å². The predicted molar refractivity (Wildman–Crippen MR) is 221 cm³/mol. The number of alkyl halides is 3. The zero-order valence-corrected chi connectivity index (χ0v) is 34.1. The van der Waals surface area contributed by atoms with Gasteiger partial charge in [0.2, 0.25) is 17.7 Å². The molecule has 312 valence electrons. The highest BCUT2D eigenvalue weighted by molar-refractivity contribution is 7.81. The summed E-state index contributed by atoms with van der Waals surface area (Å²) in [5.41, 5.74) is -0.265. The number of amides is 4. The smallest absolute Gasteiger partial charge is 0.417 e. The van der Waals surface area contributed by atoms with Gasteiger partial charge in [-0.2, -0.15) is 18.4 Å². The molecule has 0 aliphatic carbocycles. The molecule has 2 atom stereocenters. The third-order valence-electron chi connectivity index (χ3n) is 10.9. The summed E-state index contributed by atoms with van der Waals surface area (Å²) in [5, 5.41) is 17.7. The lowest BCUT2D eigenvalue weighted by atomic mass is 10.0. The van der Waals surface area contributed by atoms with E-state index in [0.29, 0.717) is 55.3 Å². The molecular weight excluding hydrogens is 786 g/mol. The number of piperidine rings is 1. The average Bonchev–Trinajstić information content (AvgIpc) is 3.37. The minimum atomic E-state index is -4.80. The summed E-state index contributed by atoms with van der Waals surface area (Å²) in [7, 11) is 0. The van der Waals surface area contributed by atoms with Gasteiger partial charge in [-0.25, -0.2) is 0 Å². The third-order valence-corrected chi connectivity index (χ3v) is 11.3. The Labute approximate surface area is 346 Å². The van der Waals surface area contributed by atoms with Crippen LogP contribution >= 0.6 is 12.2 Å². The fourth-order valence-electron chi connectivity index (χ4n) is 7.73. The molecule has 17 heteroatoms. The number of anilines is 4. The molecule has 3 N–H and O–H groups in total. The average molecular weight is 833 g/mol. The quantitative estimate of drug-likeness (QED) is 0.144. The Morgan fingerprint density at radius 2 is 1.78 bits per heavy atom. The van der Waals surface area contributed by atoms with Crippen LogP contribution in [0, 0.1) is 11.3 Å².